The lowest BCUT2D eigenvalue weighted by molar-refractivity contribution is -0.143. The largest absolute Gasteiger partial charge is 0.507 e. The highest BCUT2D eigenvalue weighted by Gasteiger charge is 2.31. The highest BCUT2D eigenvalue weighted by atomic mass is 16.5. The van der Waals surface area contributed by atoms with Gasteiger partial charge in [-0.25, -0.2) is 4.79 Å². The first-order chi connectivity index (χ1) is 13.0. The van der Waals surface area contributed by atoms with Crippen molar-refractivity contribution in [3.05, 3.63) is 39.5 Å². The van der Waals surface area contributed by atoms with Crippen molar-refractivity contribution >= 4 is 11.9 Å². The van der Waals surface area contributed by atoms with E-state index in [9.17, 15) is 14.7 Å². The number of aromatic hydroxyl groups is 1. The van der Waals surface area contributed by atoms with Gasteiger partial charge in [0.2, 0.25) is 0 Å². The number of benzene rings is 1. The summed E-state index contributed by atoms with van der Waals surface area (Å²) in [5.41, 5.74) is 5.33. The molecule has 1 aliphatic heterocycles. The molecular formula is C22H28O5. The molecule has 0 saturated heterocycles. The second-order valence-corrected chi connectivity index (χ2v) is 7.30. The van der Waals surface area contributed by atoms with Crippen LogP contribution in [-0.2, 0) is 33.7 Å². The van der Waals surface area contributed by atoms with Gasteiger partial charge in [0.1, 0.15) is 17.9 Å². The number of esters is 2. The smallest absolute Gasteiger partial charge is 0.342 e. The SMILES string of the molecule is CCOC(=O)C[C@@H]1CCCC1=CCc1c(O)c2c(c(C)c1CC)COC2=O. The molecule has 5 heteroatoms. The fourth-order valence-electron chi connectivity index (χ4n) is 4.44. The Morgan fingerprint density at radius 3 is 2.81 bits per heavy atom. The molecule has 5 nitrogen and oxygen atoms in total. The molecule has 1 saturated carbocycles. The minimum atomic E-state index is -0.441. The third-order valence-corrected chi connectivity index (χ3v) is 5.83. The van der Waals surface area contributed by atoms with E-state index >= 15 is 0 Å². The Balaban J connectivity index is 1.88. The normalized spacial score (nSPS) is 20.0. The molecule has 0 unspecified atom stereocenters. The van der Waals surface area contributed by atoms with Crippen molar-refractivity contribution in [1.82, 2.24) is 0 Å². The summed E-state index contributed by atoms with van der Waals surface area (Å²) in [6, 6.07) is 0. The van der Waals surface area contributed by atoms with Crippen LogP contribution in [0.5, 0.6) is 5.75 Å². The predicted octanol–water partition coefficient (Wildman–Crippen LogP) is 4.16. The van der Waals surface area contributed by atoms with Crippen LogP contribution >= 0.6 is 0 Å². The maximum atomic E-state index is 12.0. The van der Waals surface area contributed by atoms with Gasteiger partial charge in [-0.1, -0.05) is 18.6 Å². The van der Waals surface area contributed by atoms with Gasteiger partial charge in [0.15, 0.2) is 0 Å². The molecule has 146 valence electrons. The van der Waals surface area contributed by atoms with Crippen molar-refractivity contribution in [2.75, 3.05) is 6.61 Å². The summed E-state index contributed by atoms with van der Waals surface area (Å²) in [6.45, 7) is 6.52. The van der Waals surface area contributed by atoms with E-state index in [1.54, 1.807) is 0 Å². The molecule has 1 aromatic carbocycles. The molecule has 1 N–H and O–H groups in total. The zero-order valence-corrected chi connectivity index (χ0v) is 16.4. The standard InChI is InChI=1S/C22H28O5/c1-4-16-13(3)18-12-27-22(25)20(18)21(24)17(16)10-9-14-7-6-8-15(14)11-19(23)26-5-2/h9,15,24H,4-8,10-12H2,1-3H3/t15-/m0/s1. The maximum absolute atomic E-state index is 12.0. The van der Waals surface area contributed by atoms with Crippen molar-refractivity contribution in [2.45, 2.75) is 65.9 Å². The van der Waals surface area contributed by atoms with E-state index < -0.39 is 5.97 Å². The van der Waals surface area contributed by atoms with Crippen molar-refractivity contribution < 1.29 is 24.2 Å². The van der Waals surface area contributed by atoms with Crippen LogP contribution in [0.25, 0.3) is 0 Å². The van der Waals surface area contributed by atoms with E-state index in [-0.39, 0.29) is 24.2 Å². The minimum Gasteiger partial charge on any atom is -0.507 e. The van der Waals surface area contributed by atoms with Gasteiger partial charge in [0.05, 0.1) is 13.0 Å². The Morgan fingerprint density at radius 1 is 1.33 bits per heavy atom. The van der Waals surface area contributed by atoms with Gasteiger partial charge in [0, 0.05) is 11.1 Å². The highest BCUT2D eigenvalue weighted by molar-refractivity contribution is 5.97. The molecule has 0 spiro atoms. The van der Waals surface area contributed by atoms with Gasteiger partial charge >= 0.3 is 11.9 Å². The van der Waals surface area contributed by atoms with Gasteiger partial charge in [-0.05, 0) is 63.0 Å². The molecule has 1 atom stereocenters. The topological polar surface area (TPSA) is 72.8 Å². The number of carbonyl (C=O) groups excluding carboxylic acids is 2. The maximum Gasteiger partial charge on any atom is 0.342 e. The lowest BCUT2D eigenvalue weighted by atomic mass is 9.88. The molecule has 2 aliphatic rings. The molecule has 0 bridgehead atoms. The first-order valence-corrected chi connectivity index (χ1v) is 9.85. The molecule has 1 fully saturated rings. The zero-order valence-electron chi connectivity index (χ0n) is 16.4. The Morgan fingerprint density at radius 2 is 2.11 bits per heavy atom. The molecule has 1 heterocycles. The average Bonchev–Trinajstić information content (AvgIpc) is 3.23. The number of phenolic OH excluding ortho intramolecular Hbond substituents is 1. The monoisotopic (exact) mass is 372 g/mol. The van der Waals surface area contributed by atoms with Gasteiger partial charge in [-0.2, -0.15) is 0 Å². The van der Waals surface area contributed by atoms with Crippen LogP contribution in [0.1, 0.15) is 72.1 Å². The first kappa shape index (κ1) is 19.5. The number of carbonyl (C=O) groups is 2. The number of phenols is 1. The number of ether oxygens (including phenoxy) is 2. The number of allylic oxidation sites excluding steroid dienone is 2. The van der Waals surface area contributed by atoms with Crippen molar-refractivity contribution in [1.29, 1.82) is 0 Å². The summed E-state index contributed by atoms with van der Waals surface area (Å²) < 4.78 is 10.2. The predicted molar refractivity (Wildman–Crippen MR) is 102 cm³/mol. The van der Waals surface area contributed by atoms with Crippen LogP contribution in [0.4, 0.5) is 0 Å². The second-order valence-electron chi connectivity index (χ2n) is 7.30. The zero-order chi connectivity index (χ0) is 19.6. The van der Waals surface area contributed by atoms with Crippen LogP contribution in [0.3, 0.4) is 0 Å². The molecule has 1 aliphatic carbocycles. The Hall–Kier alpha value is -2.30. The van der Waals surface area contributed by atoms with E-state index in [2.05, 4.69) is 13.0 Å². The first-order valence-electron chi connectivity index (χ1n) is 9.85. The Bertz CT molecular complexity index is 791. The van der Waals surface area contributed by atoms with Crippen LogP contribution in [0.2, 0.25) is 0 Å². The third kappa shape index (κ3) is 3.73. The summed E-state index contributed by atoms with van der Waals surface area (Å²) >= 11 is 0. The quantitative estimate of drug-likeness (QED) is 0.600. The highest BCUT2D eigenvalue weighted by Crippen LogP contribution is 2.39. The van der Waals surface area contributed by atoms with Crippen LogP contribution in [0.15, 0.2) is 11.6 Å². The van der Waals surface area contributed by atoms with Gasteiger partial charge < -0.3 is 14.6 Å². The van der Waals surface area contributed by atoms with E-state index in [4.69, 9.17) is 9.47 Å². The molecule has 27 heavy (non-hydrogen) atoms. The molecular weight excluding hydrogens is 344 g/mol. The molecule has 0 aromatic heterocycles. The van der Waals surface area contributed by atoms with E-state index in [1.165, 1.54) is 5.57 Å². The lowest BCUT2D eigenvalue weighted by Gasteiger charge is -2.17. The van der Waals surface area contributed by atoms with Crippen molar-refractivity contribution in [3.8, 4) is 5.75 Å². The van der Waals surface area contributed by atoms with Crippen molar-refractivity contribution in [3.63, 3.8) is 0 Å². The van der Waals surface area contributed by atoms with E-state index in [1.807, 2.05) is 13.8 Å². The number of hydrogen-bond acceptors (Lipinski definition) is 5. The fourth-order valence-corrected chi connectivity index (χ4v) is 4.44. The van der Waals surface area contributed by atoms with E-state index in [0.29, 0.717) is 25.0 Å². The molecule has 0 amide bonds. The second kappa shape index (κ2) is 8.15. The van der Waals surface area contributed by atoms with Crippen LogP contribution in [-0.4, -0.2) is 23.7 Å². The average molecular weight is 372 g/mol. The number of cyclic esters (lactones) is 1. The van der Waals surface area contributed by atoms with Crippen LogP contribution < -0.4 is 0 Å². The minimum absolute atomic E-state index is 0.0618. The summed E-state index contributed by atoms with van der Waals surface area (Å²) in [5, 5.41) is 10.8. The van der Waals surface area contributed by atoms with Crippen LogP contribution in [0, 0.1) is 12.8 Å². The summed E-state index contributed by atoms with van der Waals surface area (Å²) in [5.74, 6) is -0.310. The van der Waals surface area contributed by atoms with Crippen molar-refractivity contribution in [2.24, 2.45) is 5.92 Å². The summed E-state index contributed by atoms with van der Waals surface area (Å²) in [7, 11) is 0. The molecule has 3 rings (SSSR count). The summed E-state index contributed by atoms with van der Waals surface area (Å²) in [4.78, 5) is 23.9. The summed E-state index contributed by atoms with van der Waals surface area (Å²) in [6.07, 6.45) is 6.93. The lowest BCUT2D eigenvalue weighted by Crippen LogP contribution is -2.10. The van der Waals surface area contributed by atoms with E-state index in [0.717, 1.165) is 47.9 Å². The van der Waals surface area contributed by atoms with Gasteiger partial charge in [-0.15, -0.1) is 0 Å². The van der Waals surface area contributed by atoms with Gasteiger partial charge in [-0.3, -0.25) is 4.79 Å². The Labute approximate surface area is 160 Å². The molecule has 1 aromatic rings. The third-order valence-electron chi connectivity index (χ3n) is 5.83. The van der Waals surface area contributed by atoms with Gasteiger partial charge in [0.25, 0.3) is 0 Å². The number of rotatable bonds is 6. The fraction of sp³-hybridized carbons (Fsp3) is 0.545. The number of fused-ring (bicyclic) bond motifs is 1. The Kier molecular flexibility index (Phi) is 5.88. The number of hydrogen-bond donors (Lipinski definition) is 1. The molecule has 0 radical (unpaired) electrons.